The maximum atomic E-state index is 5.12. The lowest BCUT2D eigenvalue weighted by Crippen LogP contribution is -1.97. The minimum Gasteiger partial charge on any atom is -0.309 e. The van der Waals surface area contributed by atoms with Gasteiger partial charge in [0.05, 0.1) is 27.8 Å². The lowest BCUT2D eigenvalue weighted by atomic mass is 10.0. The molecule has 48 heavy (non-hydrogen) atoms. The molecule has 4 nitrogen and oxygen atoms in total. The van der Waals surface area contributed by atoms with Crippen LogP contribution in [0.15, 0.2) is 158 Å². The van der Waals surface area contributed by atoms with Crippen LogP contribution in [0.25, 0.3) is 99.5 Å². The third kappa shape index (κ3) is 3.43. The molecule has 1 aliphatic rings. The Bertz CT molecular complexity index is 2890. The fourth-order valence-electron chi connectivity index (χ4n) is 8.02. The molecule has 0 amide bonds. The van der Waals surface area contributed by atoms with Crippen LogP contribution in [0, 0.1) is 0 Å². The predicted octanol–water partition coefficient (Wildman–Crippen LogP) is 11.1. The fraction of sp³-hybridized carbons (Fsp3) is 0. The first kappa shape index (κ1) is 25.6. The normalized spacial score (nSPS) is 12.2. The Morgan fingerprint density at radius 3 is 1.65 bits per heavy atom. The molecule has 0 radical (unpaired) electrons. The fourth-order valence-corrected chi connectivity index (χ4v) is 8.02. The average molecular weight is 611 g/mol. The Hall–Kier alpha value is -6.52. The lowest BCUT2D eigenvalue weighted by Gasteiger charge is -2.12. The van der Waals surface area contributed by atoms with E-state index < -0.39 is 0 Å². The second-order valence-corrected chi connectivity index (χ2v) is 12.6. The van der Waals surface area contributed by atoms with Crippen LogP contribution in [0.2, 0.25) is 0 Å². The first-order chi connectivity index (χ1) is 23.8. The molecule has 0 bridgehead atoms. The molecule has 0 atom stereocenters. The minimum absolute atomic E-state index is 0.737. The highest BCUT2D eigenvalue weighted by molar-refractivity contribution is 6.14. The molecule has 0 spiro atoms. The summed E-state index contributed by atoms with van der Waals surface area (Å²) in [7, 11) is 0. The van der Waals surface area contributed by atoms with Crippen molar-refractivity contribution in [2.75, 3.05) is 0 Å². The highest BCUT2D eigenvalue weighted by atomic mass is 15.0. The highest BCUT2D eigenvalue weighted by Gasteiger charge is 2.24. The zero-order valence-electron chi connectivity index (χ0n) is 25.8. The van der Waals surface area contributed by atoms with Gasteiger partial charge in [0.1, 0.15) is 0 Å². The van der Waals surface area contributed by atoms with Crippen molar-refractivity contribution in [2.24, 2.45) is 0 Å². The number of hydrogen-bond acceptors (Lipinski definition) is 2. The van der Waals surface area contributed by atoms with E-state index in [-0.39, 0.29) is 0 Å². The number of rotatable bonds is 3. The van der Waals surface area contributed by atoms with Gasteiger partial charge in [-0.1, -0.05) is 97.1 Å². The number of benzene rings is 7. The van der Waals surface area contributed by atoms with E-state index >= 15 is 0 Å². The minimum atomic E-state index is 0.737. The molecule has 0 saturated heterocycles. The van der Waals surface area contributed by atoms with Gasteiger partial charge in [-0.05, 0) is 70.9 Å². The smallest absolute Gasteiger partial charge is 0.159 e. The van der Waals surface area contributed by atoms with Crippen molar-refractivity contribution in [3.05, 3.63) is 158 Å². The van der Waals surface area contributed by atoms with Crippen LogP contribution in [-0.2, 0) is 0 Å². The highest BCUT2D eigenvalue weighted by Crippen LogP contribution is 2.46. The van der Waals surface area contributed by atoms with Gasteiger partial charge in [-0.2, -0.15) is 0 Å². The number of fused-ring (bicyclic) bond motifs is 9. The molecule has 10 aromatic rings. The summed E-state index contributed by atoms with van der Waals surface area (Å²) in [5, 5.41) is 7.50. The summed E-state index contributed by atoms with van der Waals surface area (Å²) in [5.74, 6) is 0.737. The van der Waals surface area contributed by atoms with Crippen molar-refractivity contribution in [3.63, 3.8) is 0 Å². The van der Waals surface area contributed by atoms with Crippen molar-refractivity contribution >= 4 is 54.4 Å². The summed E-state index contributed by atoms with van der Waals surface area (Å²) in [5.41, 5.74) is 12.5. The van der Waals surface area contributed by atoms with E-state index in [4.69, 9.17) is 9.97 Å². The third-order valence-corrected chi connectivity index (χ3v) is 10.1. The zero-order valence-corrected chi connectivity index (χ0v) is 25.8. The summed E-state index contributed by atoms with van der Waals surface area (Å²) >= 11 is 0. The van der Waals surface area contributed by atoms with E-state index in [0.717, 1.165) is 34.0 Å². The van der Waals surface area contributed by atoms with Crippen molar-refractivity contribution in [2.45, 2.75) is 0 Å². The molecular formula is C44H26N4. The molecule has 11 rings (SSSR count). The van der Waals surface area contributed by atoms with E-state index in [9.17, 15) is 0 Å². The summed E-state index contributed by atoms with van der Waals surface area (Å²) in [4.78, 5) is 9.98. The number of para-hydroxylation sites is 3. The van der Waals surface area contributed by atoms with E-state index in [1.165, 1.54) is 65.5 Å². The third-order valence-electron chi connectivity index (χ3n) is 10.1. The van der Waals surface area contributed by atoms with Gasteiger partial charge in [0, 0.05) is 55.8 Å². The maximum Gasteiger partial charge on any atom is 0.159 e. The zero-order chi connectivity index (χ0) is 31.3. The van der Waals surface area contributed by atoms with E-state index in [0.29, 0.717) is 0 Å². The van der Waals surface area contributed by atoms with Crippen molar-refractivity contribution < 1.29 is 0 Å². The van der Waals surface area contributed by atoms with Gasteiger partial charge in [0.25, 0.3) is 0 Å². The molecule has 4 heteroatoms. The number of hydrogen-bond donors (Lipinski definition) is 0. The predicted molar refractivity (Wildman–Crippen MR) is 198 cm³/mol. The standard InChI is InChI=1S/C44H26N4/c1-5-17-39-31(11-1)32-12-2-6-18-40(32)48(39)30-23-24-34-33-13-3-4-16-38(33)47(41(34)25-30)29-21-19-28(20-22-29)44-45-26-37-35-14-7-9-27-10-8-15-36(42(27)35)43(37)46-44/h1-26H. The van der Waals surface area contributed by atoms with Gasteiger partial charge in [-0.25, -0.2) is 9.97 Å². The summed E-state index contributed by atoms with van der Waals surface area (Å²) in [6.45, 7) is 0. The van der Waals surface area contributed by atoms with Crippen molar-refractivity contribution in [3.8, 4) is 45.1 Å². The molecular weight excluding hydrogens is 585 g/mol. The molecule has 0 unspecified atom stereocenters. The molecule has 0 aliphatic heterocycles. The molecule has 3 aromatic heterocycles. The van der Waals surface area contributed by atoms with Crippen LogP contribution in [-0.4, -0.2) is 19.1 Å². The summed E-state index contributed by atoms with van der Waals surface area (Å²) in [6.07, 6.45) is 1.99. The van der Waals surface area contributed by atoms with Gasteiger partial charge in [-0.15, -0.1) is 0 Å². The van der Waals surface area contributed by atoms with E-state index in [2.05, 4.69) is 161 Å². The van der Waals surface area contributed by atoms with E-state index in [1.807, 2.05) is 6.20 Å². The molecule has 7 aromatic carbocycles. The van der Waals surface area contributed by atoms with Gasteiger partial charge < -0.3 is 9.13 Å². The van der Waals surface area contributed by atoms with Crippen LogP contribution >= 0.6 is 0 Å². The Kier molecular flexibility index (Phi) is 5.08. The van der Waals surface area contributed by atoms with Gasteiger partial charge in [-0.3, -0.25) is 0 Å². The first-order valence-corrected chi connectivity index (χ1v) is 16.3. The molecule has 0 saturated carbocycles. The van der Waals surface area contributed by atoms with E-state index in [1.54, 1.807) is 0 Å². The Morgan fingerprint density at radius 2 is 0.979 bits per heavy atom. The van der Waals surface area contributed by atoms with Crippen LogP contribution in [0.3, 0.4) is 0 Å². The Labute approximate surface area is 275 Å². The van der Waals surface area contributed by atoms with Crippen LogP contribution in [0.4, 0.5) is 0 Å². The summed E-state index contributed by atoms with van der Waals surface area (Å²) < 4.78 is 4.77. The van der Waals surface area contributed by atoms with Crippen LogP contribution in [0.5, 0.6) is 0 Å². The van der Waals surface area contributed by atoms with Gasteiger partial charge in [0.2, 0.25) is 0 Å². The first-order valence-electron chi connectivity index (χ1n) is 16.3. The second kappa shape index (κ2) is 9.50. The lowest BCUT2D eigenvalue weighted by molar-refractivity contribution is 1.15. The number of nitrogens with zero attached hydrogens (tertiary/aromatic N) is 4. The van der Waals surface area contributed by atoms with Crippen molar-refractivity contribution in [1.82, 2.24) is 19.1 Å². The topological polar surface area (TPSA) is 35.6 Å². The largest absolute Gasteiger partial charge is 0.309 e. The second-order valence-electron chi connectivity index (χ2n) is 12.6. The SMILES string of the molecule is c1cc2c3c(cccc3c1)-c1nc(-c3ccc(-n4c5ccccc5c5ccc(-n6c7ccccc7c7ccccc76)cc54)cc3)ncc1-2. The molecule has 3 heterocycles. The van der Waals surface area contributed by atoms with Crippen molar-refractivity contribution in [1.29, 1.82) is 0 Å². The number of aromatic nitrogens is 4. The van der Waals surface area contributed by atoms with Crippen LogP contribution in [0.1, 0.15) is 0 Å². The maximum absolute atomic E-state index is 5.12. The molecule has 0 N–H and O–H groups in total. The molecule has 0 fully saturated rings. The quantitative estimate of drug-likeness (QED) is 0.199. The van der Waals surface area contributed by atoms with Gasteiger partial charge in [0.15, 0.2) is 5.82 Å². The average Bonchev–Trinajstić information content (AvgIpc) is 3.78. The Morgan fingerprint density at radius 1 is 0.417 bits per heavy atom. The Balaban J connectivity index is 1.07. The monoisotopic (exact) mass is 610 g/mol. The van der Waals surface area contributed by atoms with Gasteiger partial charge >= 0.3 is 0 Å². The molecule has 222 valence electrons. The molecule has 1 aliphatic carbocycles. The van der Waals surface area contributed by atoms with Crippen LogP contribution < -0.4 is 0 Å². The summed E-state index contributed by atoms with van der Waals surface area (Å²) in [6, 6.07) is 54.5.